The predicted octanol–water partition coefficient (Wildman–Crippen LogP) is 4.02. The first kappa shape index (κ1) is 19.2. The van der Waals surface area contributed by atoms with E-state index in [-0.39, 0.29) is 6.61 Å². The number of rotatable bonds is 6. The van der Waals surface area contributed by atoms with Crippen molar-refractivity contribution in [2.75, 3.05) is 19.7 Å². The van der Waals surface area contributed by atoms with Gasteiger partial charge in [0, 0.05) is 19.6 Å². The topological polar surface area (TPSA) is 56.5 Å². The molecule has 3 aromatic carbocycles. The van der Waals surface area contributed by atoms with Crippen molar-refractivity contribution in [1.29, 1.82) is 5.26 Å². The number of aliphatic hydroxyl groups is 1. The van der Waals surface area contributed by atoms with Crippen molar-refractivity contribution in [2.24, 2.45) is 0 Å². The Bertz CT molecular complexity index is 1030. The molecule has 1 atom stereocenters. The van der Waals surface area contributed by atoms with Gasteiger partial charge in [0.1, 0.15) is 18.5 Å². The fraction of sp³-hybridized carbons (Fsp3) is 0.240. The summed E-state index contributed by atoms with van der Waals surface area (Å²) >= 11 is 0. The molecule has 0 saturated carbocycles. The van der Waals surface area contributed by atoms with Gasteiger partial charge in [-0.15, -0.1) is 0 Å². The second kappa shape index (κ2) is 8.91. The van der Waals surface area contributed by atoms with Crippen molar-refractivity contribution in [3.63, 3.8) is 0 Å². The van der Waals surface area contributed by atoms with E-state index in [4.69, 9.17) is 10.00 Å². The molecule has 1 heterocycles. The Hall–Kier alpha value is -3.13. The first-order valence-electron chi connectivity index (χ1n) is 9.92. The highest BCUT2D eigenvalue weighted by molar-refractivity contribution is 5.66. The van der Waals surface area contributed by atoms with Crippen LogP contribution in [-0.2, 0) is 13.0 Å². The zero-order valence-electron chi connectivity index (χ0n) is 16.3. The Labute approximate surface area is 171 Å². The summed E-state index contributed by atoms with van der Waals surface area (Å²) in [4.78, 5) is 2.28. The number of nitrogens with zero attached hydrogens (tertiary/aromatic N) is 2. The molecule has 0 radical (unpaired) electrons. The van der Waals surface area contributed by atoms with Crippen LogP contribution in [-0.4, -0.2) is 35.8 Å². The maximum Gasteiger partial charge on any atom is 0.120 e. The smallest absolute Gasteiger partial charge is 0.120 e. The van der Waals surface area contributed by atoms with Crippen molar-refractivity contribution in [1.82, 2.24) is 4.90 Å². The Morgan fingerprint density at radius 2 is 1.72 bits per heavy atom. The lowest BCUT2D eigenvalue weighted by atomic mass is 10.00. The molecule has 4 nitrogen and oxygen atoms in total. The van der Waals surface area contributed by atoms with Gasteiger partial charge in [-0.05, 0) is 52.9 Å². The average molecular weight is 384 g/mol. The van der Waals surface area contributed by atoms with Gasteiger partial charge in [-0.2, -0.15) is 5.26 Å². The molecule has 1 unspecified atom stereocenters. The van der Waals surface area contributed by atoms with Crippen LogP contribution in [0.2, 0.25) is 0 Å². The average Bonchev–Trinajstić information content (AvgIpc) is 2.78. The maximum absolute atomic E-state index is 10.5. The highest BCUT2D eigenvalue weighted by atomic mass is 16.5. The summed E-state index contributed by atoms with van der Waals surface area (Å²) in [6.07, 6.45) is 0.471. The highest BCUT2D eigenvalue weighted by Gasteiger charge is 2.18. The van der Waals surface area contributed by atoms with E-state index in [2.05, 4.69) is 35.2 Å². The molecule has 146 valence electrons. The quantitative estimate of drug-likeness (QED) is 0.697. The highest BCUT2D eigenvalue weighted by Crippen LogP contribution is 2.25. The Morgan fingerprint density at radius 1 is 0.966 bits per heavy atom. The molecular formula is C25H24N2O2. The monoisotopic (exact) mass is 384 g/mol. The third-order valence-corrected chi connectivity index (χ3v) is 5.28. The van der Waals surface area contributed by atoms with Crippen LogP contribution in [0.5, 0.6) is 5.75 Å². The number of β-amino-alcohol motifs (C(OH)–C–C–N with tert-alkyl or cyclic N) is 1. The normalized spacial score (nSPS) is 14.6. The molecule has 0 aliphatic carbocycles. The van der Waals surface area contributed by atoms with Crippen LogP contribution >= 0.6 is 0 Å². The Balaban J connectivity index is 1.34. The Morgan fingerprint density at radius 3 is 2.55 bits per heavy atom. The molecular weight excluding hydrogens is 360 g/mol. The van der Waals surface area contributed by atoms with Gasteiger partial charge in [0.2, 0.25) is 0 Å². The number of ether oxygens (including phenoxy) is 1. The predicted molar refractivity (Wildman–Crippen MR) is 114 cm³/mol. The van der Waals surface area contributed by atoms with Crippen LogP contribution < -0.4 is 4.74 Å². The largest absolute Gasteiger partial charge is 0.491 e. The SMILES string of the molecule is N#Cc1cccc(-c2cccc(OCC(O)CN3CCc4ccccc4C3)c2)c1. The Kier molecular flexibility index (Phi) is 5.90. The van der Waals surface area contributed by atoms with E-state index in [0.717, 1.165) is 30.6 Å². The minimum absolute atomic E-state index is 0.250. The number of aliphatic hydroxyl groups excluding tert-OH is 1. The number of fused-ring (bicyclic) bond motifs is 1. The maximum atomic E-state index is 10.5. The summed E-state index contributed by atoms with van der Waals surface area (Å²) in [5.74, 6) is 0.716. The zero-order chi connectivity index (χ0) is 20.1. The summed E-state index contributed by atoms with van der Waals surface area (Å²) < 4.78 is 5.86. The molecule has 29 heavy (non-hydrogen) atoms. The van der Waals surface area contributed by atoms with Gasteiger partial charge < -0.3 is 9.84 Å². The van der Waals surface area contributed by atoms with E-state index in [1.165, 1.54) is 11.1 Å². The molecule has 0 spiro atoms. The standard InChI is InChI=1S/C25H24N2O2/c26-15-19-5-3-8-21(13-19)22-9-4-10-25(14-22)29-18-24(28)17-27-12-11-20-6-1-2-7-23(20)16-27/h1-10,13-14,24,28H,11-12,16-18H2. The van der Waals surface area contributed by atoms with E-state index < -0.39 is 6.10 Å². The van der Waals surface area contributed by atoms with E-state index in [1.54, 1.807) is 6.07 Å². The summed E-state index contributed by atoms with van der Waals surface area (Å²) in [6, 6.07) is 25.9. The van der Waals surface area contributed by atoms with Gasteiger partial charge in [0.15, 0.2) is 0 Å². The summed E-state index contributed by atoms with van der Waals surface area (Å²) in [5, 5.41) is 19.6. The van der Waals surface area contributed by atoms with E-state index in [0.29, 0.717) is 17.9 Å². The fourth-order valence-electron chi connectivity index (χ4n) is 3.79. The zero-order valence-corrected chi connectivity index (χ0v) is 16.3. The van der Waals surface area contributed by atoms with Crippen LogP contribution in [0.15, 0.2) is 72.8 Å². The second-order valence-electron chi connectivity index (χ2n) is 7.44. The van der Waals surface area contributed by atoms with Crippen LogP contribution in [0, 0.1) is 11.3 Å². The van der Waals surface area contributed by atoms with Crippen molar-refractivity contribution < 1.29 is 9.84 Å². The summed E-state index contributed by atoms with van der Waals surface area (Å²) in [7, 11) is 0. The number of hydrogen-bond donors (Lipinski definition) is 1. The van der Waals surface area contributed by atoms with Gasteiger partial charge in [0.05, 0.1) is 11.6 Å². The fourth-order valence-corrected chi connectivity index (χ4v) is 3.79. The minimum atomic E-state index is -0.550. The van der Waals surface area contributed by atoms with Gasteiger partial charge in [-0.3, -0.25) is 4.90 Å². The number of hydrogen-bond acceptors (Lipinski definition) is 4. The molecule has 0 aromatic heterocycles. The number of benzene rings is 3. The van der Waals surface area contributed by atoms with Gasteiger partial charge in [-0.1, -0.05) is 48.5 Å². The van der Waals surface area contributed by atoms with E-state index in [9.17, 15) is 5.11 Å². The van der Waals surface area contributed by atoms with Crippen LogP contribution in [0.25, 0.3) is 11.1 Å². The summed E-state index contributed by atoms with van der Waals surface area (Å²) in [5.41, 5.74) is 5.35. The third kappa shape index (κ3) is 4.83. The lowest BCUT2D eigenvalue weighted by Gasteiger charge is -2.30. The van der Waals surface area contributed by atoms with E-state index >= 15 is 0 Å². The minimum Gasteiger partial charge on any atom is -0.491 e. The van der Waals surface area contributed by atoms with Gasteiger partial charge in [0.25, 0.3) is 0 Å². The molecule has 0 amide bonds. The lowest BCUT2D eigenvalue weighted by Crippen LogP contribution is -2.38. The lowest BCUT2D eigenvalue weighted by molar-refractivity contribution is 0.0638. The molecule has 4 heteroatoms. The van der Waals surface area contributed by atoms with Crippen LogP contribution in [0.1, 0.15) is 16.7 Å². The first-order valence-corrected chi connectivity index (χ1v) is 9.92. The third-order valence-electron chi connectivity index (χ3n) is 5.28. The molecule has 1 aliphatic rings. The van der Waals surface area contributed by atoms with Gasteiger partial charge >= 0.3 is 0 Å². The molecule has 0 bridgehead atoms. The second-order valence-corrected chi connectivity index (χ2v) is 7.44. The van der Waals surface area contributed by atoms with Crippen LogP contribution in [0.3, 0.4) is 0 Å². The van der Waals surface area contributed by atoms with Crippen molar-refractivity contribution in [2.45, 2.75) is 19.1 Å². The van der Waals surface area contributed by atoms with Crippen molar-refractivity contribution >= 4 is 0 Å². The molecule has 1 aliphatic heterocycles. The molecule has 0 saturated heterocycles. The molecule has 3 aromatic rings. The van der Waals surface area contributed by atoms with Crippen molar-refractivity contribution in [3.05, 3.63) is 89.5 Å². The van der Waals surface area contributed by atoms with Crippen LogP contribution in [0.4, 0.5) is 0 Å². The van der Waals surface area contributed by atoms with Crippen molar-refractivity contribution in [3.8, 4) is 22.9 Å². The van der Waals surface area contributed by atoms with E-state index in [1.807, 2.05) is 42.5 Å². The molecule has 1 N–H and O–H groups in total. The molecule has 4 rings (SSSR count). The summed E-state index contributed by atoms with van der Waals surface area (Å²) in [6.45, 7) is 2.68. The first-order chi connectivity index (χ1) is 14.2. The molecule has 0 fully saturated rings. The number of nitriles is 1. The van der Waals surface area contributed by atoms with Gasteiger partial charge in [-0.25, -0.2) is 0 Å².